The number of fused-ring (bicyclic) bond motifs is 1. The first kappa shape index (κ1) is 16.1. The van der Waals surface area contributed by atoms with Crippen molar-refractivity contribution in [3.63, 3.8) is 0 Å². The van der Waals surface area contributed by atoms with Crippen LogP contribution in [0.15, 0.2) is 18.2 Å². The van der Waals surface area contributed by atoms with Crippen LogP contribution in [0.5, 0.6) is 11.5 Å². The molecule has 0 amide bonds. The Labute approximate surface area is 127 Å². The molecule has 0 unspecified atom stereocenters. The topological polar surface area (TPSA) is 39.7 Å². The molecule has 0 aromatic heterocycles. The summed E-state index contributed by atoms with van der Waals surface area (Å²) in [6.07, 6.45) is 1.97. The summed E-state index contributed by atoms with van der Waals surface area (Å²) in [6.45, 7) is 9.21. The van der Waals surface area contributed by atoms with Gasteiger partial charge in [0.05, 0.1) is 13.2 Å². The van der Waals surface area contributed by atoms with Gasteiger partial charge in [-0.05, 0) is 24.9 Å². The lowest BCUT2D eigenvalue weighted by Gasteiger charge is -2.13. The third-order valence-corrected chi connectivity index (χ3v) is 3.26. The van der Waals surface area contributed by atoms with Crippen molar-refractivity contribution in [2.45, 2.75) is 33.2 Å². The summed E-state index contributed by atoms with van der Waals surface area (Å²) in [5.41, 5.74) is 1.16. The molecule has 0 radical (unpaired) electrons. The monoisotopic (exact) mass is 293 g/mol. The predicted molar refractivity (Wildman–Crippen MR) is 84.0 cm³/mol. The Bertz CT molecular complexity index is 420. The molecule has 1 aliphatic rings. The SMILES string of the molecule is CC(C)COCCCNCc1cccc2c1OCCCO2. The van der Waals surface area contributed by atoms with E-state index < -0.39 is 0 Å². The Balaban J connectivity index is 1.71. The van der Waals surface area contributed by atoms with Gasteiger partial charge in [-0.25, -0.2) is 0 Å². The van der Waals surface area contributed by atoms with Gasteiger partial charge in [-0.15, -0.1) is 0 Å². The number of para-hydroxylation sites is 1. The summed E-state index contributed by atoms with van der Waals surface area (Å²) < 4.78 is 17.1. The van der Waals surface area contributed by atoms with E-state index >= 15 is 0 Å². The average molecular weight is 293 g/mol. The van der Waals surface area contributed by atoms with Crippen molar-refractivity contribution in [1.29, 1.82) is 0 Å². The van der Waals surface area contributed by atoms with E-state index in [9.17, 15) is 0 Å². The highest BCUT2D eigenvalue weighted by Gasteiger charge is 2.13. The van der Waals surface area contributed by atoms with Gasteiger partial charge in [-0.3, -0.25) is 0 Å². The number of hydrogen-bond acceptors (Lipinski definition) is 4. The highest BCUT2D eigenvalue weighted by Crippen LogP contribution is 2.33. The Hall–Kier alpha value is -1.26. The maximum Gasteiger partial charge on any atom is 0.165 e. The van der Waals surface area contributed by atoms with Crippen molar-refractivity contribution < 1.29 is 14.2 Å². The minimum Gasteiger partial charge on any atom is -0.490 e. The van der Waals surface area contributed by atoms with Gasteiger partial charge < -0.3 is 19.5 Å². The molecule has 4 nitrogen and oxygen atoms in total. The maximum absolute atomic E-state index is 5.81. The van der Waals surface area contributed by atoms with Gasteiger partial charge in [0.1, 0.15) is 0 Å². The van der Waals surface area contributed by atoms with Crippen LogP contribution < -0.4 is 14.8 Å². The lowest BCUT2D eigenvalue weighted by molar-refractivity contribution is 0.108. The average Bonchev–Trinajstić information content (AvgIpc) is 2.71. The summed E-state index contributed by atoms with van der Waals surface area (Å²) in [5, 5.41) is 3.44. The fourth-order valence-corrected chi connectivity index (χ4v) is 2.23. The molecule has 1 aromatic carbocycles. The Morgan fingerprint density at radius 3 is 2.95 bits per heavy atom. The van der Waals surface area contributed by atoms with Crippen LogP contribution in [0.3, 0.4) is 0 Å². The second kappa shape index (κ2) is 8.90. The van der Waals surface area contributed by atoms with Crippen molar-refractivity contribution in [3.05, 3.63) is 23.8 Å². The third kappa shape index (κ3) is 5.56. The van der Waals surface area contributed by atoms with Gasteiger partial charge in [-0.2, -0.15) is 0 Å². The fraction of sp³-hybridized carbons (Fsp3) is 0.647. The molecular weight excluding hydrogens is 266 g/mol. The standard InChI is InChI=1S/C17H27NO3/c1-14(2)13-19-9-4-8-18-12-15-6-3-7-16-17(15)21-11-5-10-20-16/h3,6-7,14,18H,4-5,8-13H2,1-2H3. The molecule has 1 N–H and O–H groups in total. The van der Waals surface area contributed by atoms with Crippen molar-refractivity contribution in [2.24, 2.45) is 5.92 Å². The summed E-state index contributed by atoms with van der Waals surface area (Å²) >= 11 is 0. The van der Waals surface area contributed by atoms with Crippen LogP contribution in [0.2, 0.25) is 0 Å². The van der Waals surface area contributed by atoms with Gasteiger partial charge in [-0.1, -0.05) is 26.0 Å². The molecule has 0 saturated carbocycles. The smallest absolute Gasteiger partial charge is 0.165 e. The first-order valence-corrected chi connectivity index (χ1v) is 7.93. The third-order valence-electron chi connectivity index (χ3n) is 3.26. The van der Waals surface area contributed by atoms with Gasteiger partial charge in [0.15, 0.2) is 11.5 Å². The van der Waals surface area contributed by atoms with E-state index in [0.717, 1.165) is 69.4 Å². The quantitative estimate of drug-likeness (QED) is 0.748. The lowest BCUT2D eigenvalue weighted by Crippen LogP contribution is -2.17. The molecule has 118 valence electrons. The Morgan fingerprint density at radius 2 is 2.10 bits per heavy atom. The molecule has 4 heteroatoms. The molecule has 1 aromatic rings. The molecule has 2 rings (SSSR count). The molecule has 0 spiro atoms. The van der Waals surface area contributed by atoms with Crippen LogP contribution in [0.1, 0.15) is 32.3 Å². The molecule has 0 saturated heterocycles. The van der Waals surface area contributed by atoms with Gasteiger partial charge in [0.25, 0.3) is 0 Å². The van der Waals surface area contributed by atoms with Crippen LogP contribution in [0.25, 0.3) is 0 Å². The first-order chi connectivity index (χ1) is 10.3. The highest BCUT2D eigenvalue weighted by molar-refractivity contribution is 5.46. The zero-order valence-corrected chi connectivity index (χ0v) is 13.2. The Kier molecular flexibility index (Phi) is 6.83. The van der Waals surface area contributed by atoms with Crippen LogP contribution in [0.4, 0.5) is 0 Å². The van der Waals surface area contributed by atoms with Crippen LogP contribution in [0, 0.1) is 5.92 Å². The number of ether oxygens (including phenoxy) is 3. The summed E-state index contributed by atoms with van der Waals surface area (Å²) in [5.74, 6) is 2.38. The highest BCUT2D eigenvalue weighted by atomic mass is 16.5. The summed E-state index contributed by atoms with van der Waals surface area (Å²) in [4.78, 5) is 0. The molecule has 1 heterocycles. The molecule has 21 heavy (non-hydrogen) atoms. The van der Waals surface area contributed by atoms with Crippen LogP contribution >= 0.6 is 0 Å². The van der Waals surface area contributed by atoms with E-state index in [0.29, 0.717) is 5.92 Å². The number of hydrogen-bond donors (Lipinski definition) is 1. The van der Waals surface area contributed by atoms with Crippen molar-refractivity contribution in [3.8, 4) is 11.5 Å². The summed E-state index contributed by atoms with van der Waals surface area (Å²) in [6, 6.07) is 6.09. The number of rotatable bonds is 8. The van der Waals surface area contributed by atoms with E-state index in [4.69, 9.17) is 14.2 Å². The second-order valence-corrected chi connectivity index (χ2v) is 5.79. The zero-order valence-electron chi connectivity index (χ0n) is 13.2. The minimum absolute atomic E-state index is 0.606. The Morgan fingerprint density at radius 1 is 1.24 bits per heavy atom. The predicted octanol–water partition coefficient (Wildman–Crippen LogP) is 3.00. The number of benzene rings is 1. The molecule has 1 aliphatic heterocycles. The van der Waals surface area contributed by atoms with Gasteiger partial charge in [0, 0.05) is 31.7 Å². The van der Waals surface area contributed by atoms with E-state index in [1.807, 2.05) is 12.1 Å². The van der Waals surface area contributed by atoms with Crippen molar-refractivity contribution >= 4 is 0 Å². The van der Waals surface area contributed by atoms with E-state index in [1.165, 1.54) is 0 Å². The van der Waals surface area contributed by atoms with Crippen LogP contribution in [-0.2, 0) is 11.3 Å². The van der Waals surface area contributed by atoms with E-state index in [1.54, 1.807) is 0 Å². The van der Waals surface area contributed by atoms with Gasteiger partial charge in [0.2, 0.25) is 0 Å². The van der Waals surface area contributed by atoms with E-state index in [-0.39, 0.29) is 0 Å². The van der Waals surface area contributed by atoms with Gasteiger partial charge >= 0.3 is 0 Å². The fourth-order valence-electron chi connectivity index (χ4n) is 2.23. The lowest BCUT2D eigenvalue weighted by atomic mass is 10.2. The largest absolute Gasteiger partial charge is 0.490 e. The van der Waals surface area contributed by atoms with Crippen molar-refractivity contribution in [2.75, 3.05) is 33.0 Å². The number of nitrogens with one attached hydrogen (secondary N) is 1. The summed E-state index contributed by atoms with van der Waals surface area (Å²) in [7, 11) is 0. The molecule has 0 bridgehead atoms. The molecule has 0 fully saturated rings. The zero-order chi connectivity index (χ0) is 14.9. The van der Waals surface area contributed by atoms with Crippen LogP contribution in [-0.4, -0.2) is 33.0 Å². The second-order valence-electron chi connectivity index (χ2n) is 5.79. The first-order valence-electron chi connectivity index (χ1n) is 7.93. The molecule has 0 aliphatic carbocycles. The maximum atomic E-state index is 5.81. The molecule has 0 atom stereocenters. The molecular formula is C17H27NO3. The normalized spacial score (nSPS) is 14.2. The van der Waals surface area contributed by atoms with E-state index in [2.05, 4.69) is 25.2 Å². The van der Waals surface area contributed by atoms with Crippen molar-refractivity contribution in [1.82, 2.24) is 5.32 Å². The minimum atomic E-state index is 0.606.